The first-order valence-corrected chi connectivity index (χ1v) is 12.7. The van der Waals surface area contributed by atoms with E-state index in [-0.39, 0.29) is 11.1 Å². The SMILES string of the molecule is O=C1OC2(CCN(Cc3nc(-c4ccccc4)oc3-c3ccc(F)c(Cl)c3)CC2)CN1c1ccccc1. The van der Waals surface area contributed by atoms with Crippen molar-refractivity contribution in [2.45, 2.75) is 25.0 Å². The molecule has 0 N–H and O–H groups in total. The predicted molar refractivity (Wildman–Crippen MR) is 140 cm³/mol. The molecule has 37 heavy (non-hydrogen) atoms. The van der Waals surface area contributed by atoms with Gasteiger partial charge in [-0.05, 0) is 42.5 Å². The fourth-order valence-electron chi connectivity index (χ4n) is 5.05. The lowest BCUT2D eigenvalue weighted by Crippen LogP contribution is -2.46. The minimum absolute atomic E-state index is 0.0343. The number of aromatic nitrogens is 1. The molecule has 8 heteroatoms. The molecule has 0 radical (unpaired) electrons. The Hall–Kier alpha value is -3.68. The highest BCUT2D eigenvalue weighted by molar-refractivity contribution is 6.31. The summed E-state index contributed by atoms with van der Waals surface area (Å²) in [6.45, 7) is 2.58. The Labute approximate surface area is 219 Å². The summed E-state index contributed by atoms with van der Waals surface area (Å²) in [6, 6.07) is 23.9. The van der Waals surface area contributed by atoms with Gasteiger partial charge in [-0.2, -0.15) is 0 Å². The van der Waals surface area contributed by atoms with Crippen LogP contribution in [0.25, 0.3) is 22.8 Å². The van der Waals surface area contributed by atoms with E-state index in [9.17, 15) is 9.18 Å². The molecule has 6 rings (SSSR count). The van der Waals surface area contributed by atoms with Crippen LogP contribution in [0.1, 0.15) is 18.5 Å². The van der Waals surface area contributed by atoms with Crippen LogP contribution in [0.3, 0.4) is 0 Å². The maximum absolute atomic E-state index is 13.8. The van der Waals surface area contributed by atoms with Crippen LogP contribution in [-0.2, 0) is 11.3 Å². The van der Waals surface area contributed by atoms with Crippen LogP contribution in [0.4, 0.5) is 14.9 Å². The van der Waals surface area contributed by atoms with Gasteiger partial charge in [-0.3, -0.25) is 9.80 Å². The second-order valence-electron chi connectivity index (χ2n) is 9.54. The van der Waals surface area contributed by atoms with Crippen LogP contribution in [-0.4, -0.2) is 41.2 Å². The van der Waals surface area contributed by atoms with Crippen molar-refractivity contribution in [3.05, 3.63) is 95.4 Å². The summed E-state index contributed by atoms with van der Waals surface area (Å²) in [4.78, 5) is 21.5. The summed E-state index contributed by atoms with van der Waals surface area (Å²) in [5, 5.41) is 0.0343. The maximum atomic E-state index is 13.8. The summed E-state index contributed by atoms with van der Waals surface area (Å²) < 4.78 is 26.0. The summed E-state index contributed by atoms with van der Waals surface area (Å²) in [5.74, 6) is 0.595. The fraction of sp³-hybridized carbons (Fsp3) is 0.241. The van der Waals surface area contributed by atoms with E-state index < -0.39 is 11.4 Å². The molecule has 0 aliphatic carbocycles. The summed E-state index contributed by atoms with van der Waals surface area (Å²) in [6.07, 6.45) is 1.16. The lowest BCUT2D eigenvalue weighted by Gasteiger charge is -2.37. The molecule has 0 saturated carbocycles. The number of para-hydroxylation sites is 1. The molecule has 2 aliphatic heterocycles. The molecule has 0 bridgehead atoms. The Balaban J connectivity index is 1.21. The number of piperidine rings is 1. The van der Waals surface area contributed by atoms with Gasteiger partial charge < -0.3 is 9.15 Å². The lowest BCUT2D eigenvalue weighted by atomic mass is 9.91. The van der Waals surface area contributed by atoms with Crippen molar-refractivity contribution < 1.29 is 18.3 Å². The molecular formula is C29H25ClFN3O3. The number of hydrogen-bond acceptors (Lipinski definition) is 5. The van der Waals surface area contributed by atoms with Crippen LogP contribution in [0.2, 0.25) is 5.02 Å². The van der Waals surface area contributed by atoms with Crippen molar-refractivity contribution in [1.82, 2.24) is 9.88 Å². The first-order valence-electron chi connectivity index (χ1n) is 12.3. The predicted octanol–water partition coefficient (Wildman–Crippen LogP) is 6.79. The van der Waals surface area contributed by atoms with Gasteiger partial charge in [-0.1, -0.05) is 48.0 Å². The maximum Gasteiger partial charge on any atom is 0.415 e. The van der Waals surface area contributed by atoms with Gasteiger partial charge in [0.2, 0.25) is 5.89 Å². The number of ether oxygens (including phenoxy) is 1. The van der Waals surface area contributed by atoms with Gasteiger partial charge >= 0.3 is 6.09 Å². The van der Waals surface area contributed by atoms with E-state index in [1.54, 1.807) is 17.0 Å². The van der Waals surface area contributed by atoms with Gasteiger partial charge in [-0.15, -0.1) is 0 Å². The minimum atomic E-state index is -0.490. The molecule has 6 nitrogen and oxygen atoms in total. The molecule has 3 aromatic carbocycles. The molecule has 3 heterocycles. The van der Waals surface area contributed by atoms with Crippen LogP contribution in [0, 0.1) is 5.82 Å². The zero-order chi connectivity index (χ0) is 25.4. The molecule has 188 valence electrons. The number of benzene rings is 3. The third-order valence-corrected chi connectivity index (χ3v) is 7.37. The molecule has 1 spiro atoms. The van der Waals surface area contributed by atoms with Crippen LogP contribution < -0.4 is 4.90 Å². The van der Waals surface area contributed by atoms with Crippen LogP contribution >= 0.6 is 11.6 Å². The number of amides is 1. The van der Waals surface area contributed by atoms with E-state index in [0.29, 0.717) is 30.3 Å². The highest BCUT2D eigenvalue weighted by Crippen LogP contribution is 2.37. The molecule has 2 aliphatic rings. The molecule has 0 unspecified atom stereocenters. The third-order valence-electron chi connectivity index (χ3n) is 7.08. The molecule has 4 aromatic rings. The highest BCUT2D eigenvalue weighted by atomic mass is 35.5. The zero-order valence-electron chi connectivity index (χ0n) is 20.1. The first kappa shape index (κ1) is 23.7. The van der Waals surface area contributed by atoms with E-state index >= 15 is 0 Å². The number of halogens is 2. The Morgan fingerprint density at radius 3 is 2.35 bits per heavy atom. The van der Waals surface area contributed by atoms with Crippen molar-refractivity contribution in [3.63, 3.8) is 0 Å². The normalized spacial score (nSPS) is 17.4. The Bertz CT molecular complexity index is 1420. The van der Waals surface area contributed by atoms with E-state index in [2.05, 4.69) is 4.90 Å². The number of hydrogen-bond donors (Lipinski definition) is 0. The van der Waals surface area contributed by atoms with Crippen molar-refractivity contribution in [3.8, 4) is 22.8 Å². The molecule has 2 fully saturated rings. The number of likely N-dealkylation sites (tertiary alicyclic amines) is 1. The average Bonchev–Trinajstić information content (AvgIpc) is 3.49. The standard InChI is InChI=1S/C29H25ClFN3O3/c30-23-17-21(11-12-24(23)31)26-25(32-27(36-26)20-7-3-1-4-8-20)18-33-15-13-29(14-16-33)19-34(28(35)37-29)22-9-5-2-6-10-22/h1-12,17H,13-16,18-19H2. The van der Waals surface area contributed by atoms with Gasteiger partial charge in [-0.25, -0.2) is 14.2 Å². The summed E-state index contributed by atoms with van der Waals surface area (Å²) in [7, 11) is 0. The number of carbonyl (C=O) groups excluding carboxylic acids is 1. The molecule has 1 aromatic heterocycles. The van der Waals surface area contributed by atoms with Crippen molar-refractivity contribution in [1.29, 1.82) is 0 Å². The van der Waals surface area contributed by atoms with Gasteiger partial charge in [0, 0.05) is 49.3 Å². The first-order chi connectivity index (χ1) is 18.0. The number of nitrogens with zero attached hydrogens (tertiary/aromatic N) is 3. The van der Waals surface area contributed by atoms with Gasteiger partial charge in [0.1, 0.15) is 17.1 Å². The van der Waals surface area contributed by atoms with Crippen LogP contribution in [0.15, 0.2) is 83.3 Å². The summed E-state index contributed by atoms with van der Waals surface area (Å²) in [5.41, 5.74) is 2.65. The van der Waals surface area contributed by atoms with Crippen molar-refractivity contribution >= 4 is 23.4 Å². The van der Waals surface area contributed by atoms with Crippen molar-refractivity contribution in [2.24, 2.45) is 0 Å². The van der Waals surface area contributed by atoms with E-state index in [0.717, 1.165) is 42.9 Å². The molecule has 2 saturated heterocycles. The Morgan fingerprint density at radius 1 is 0.946 bits per heavy atom. The summed E-state index contributed by atoms with van der Waals surface area (Å²) >= 11 is 6.08. The second kappa shape index (κ2) is 9.65. The number of rotatable bonds is 5. The second-order valence-corrected chi connectivity index (χ2v) is 9.95. The van der Waals surface area contributed by atoms with Gasteiger partial charge in [0.25, 0.3) is 0 Å². The molecular weight excluding hydrogens is 493 g/mol. The van der Waals surface area contributed by atoms with E-state index in [4.69, 9.17) is 25.7 Å². The number of anilines is 1. The zero-order valence-corrected chi connectivity index (χ0v) is 20.8. The van der Waals surface area contributed by atoms with Crippen LogP contribution in [0.5, 0.6) is 0 Å². The van der Waals surface area contributed by atoms with Crippen molar-refractivity contribution in [2.75, 3.05) is 24.5 Å². The smallest absolute Gasteiger partial charge is 0.415 e. The van der Waals surface area contributed by atoms with E-state index in [1.807, 2.05) is 60.7 Å². The number of oxazole rings is 1. The van der Waals surface area contributed by atoms with E-state index in [1.165, 1.54) is 6.07 Å². The Morgan fingerprint density at radius 2 is 1.65 bits per heavy atom. The molecule has 0 atom stereocenters. The molecule has 1 amide bonds. The minimum Gasteiger partial charge on any atom is -0.441 e. The highest BCUT2D eigenvalue weighted by Gasteiger charge is 2.47. The lowest BCUT2D eigenvalue weighted by molar-refractivity contribution is -0.00119. The topological polar surface area (TPSA) is 58.8 Å². The average molecular weight is 518 g/mol. The monoisotopic (exact) mass is 517 g/mol. The quantitative estimate of drug-likeness (QED) is 0.291. The fourth-order valence-corrected chi connectivity index (χ4v) is 5.23. The largest absolute Gasteiger partial charge is 0.441 e. The number of carbonyl (C=O) groups is 1. The Kier molecular flexibility index (Phi) is 6.18. The van der Waals surface area contributed by atoms with Gasteiger partial charge in [0.15, 0.2) is 5.76 Å². The third kappa shape index (κ3) is 4.72. The van der Waals surface area contributed by atoms with Gasteiger partial charge in [0.05, 0.1) is 11.6 Å².